The van der Waals surface area contributed by atoms with Crippen LogP contribution < -0.4 is 5.32 Å². The Morgan fingerprint density at radius 1 is 1.19 bits per heavy atom. The van der Waals surface area contributed by atoms with Crippen molar-refractivity contribution in [1.82, 2.24) is 5.32 Å². The van der Waals surface area contributed by atoms with Gasteiger partial charge in [0.05, 0.1) is 5.57 Å². The molecule has 2 heterocycles. The fourth-order valence-corrected chi connectivity index (χ4v) is 1.76. The SMILES string of the molecule is O=C1NC(c2ccccc2)N=C2N=CC=C12. The molecule has 0 saturated heterocycles. The summed E-state index contributed by atoms with van der Waals surface area (Å²) in [5.74, 6) is 0.411. The summed E-state index contributed by atoms with van der Waals surface area (Å²) < 4.78 is 0. The van der Waals surface area contributed by atoms with E-state index in [4.69, 9.17) is 0 Å². The van der Waals surface area contributed by atoms with Gasteiger partial charge in [-0.3, -0.25) is 4.79 Å². The van der Waals surface area contributed by atoms with Crippen molar-refractivity contribution >= 4 is 18.0 Å². The van der Waals surface area contributed by atoms with E-state index in [1.165, 1.54) is 0 Å². The number of amidine groups is 1. The van der Waals surface area contributed by atoms with Gasteiger partial charge in [0.15, 0.2) is 5.84 Å². The van der Waals surface area contributed by atoms with Gasteiger partial charge in [0.2, 0.25) is 0 Å². The number of benzene rings is 1. The third-order valence-corrected chi connectivity index (χ3v) is 2.56. The van der Waals surface area contributed by atoms with Crippen LogP contribution in [0.4, 0.5) is 0 Å². The number of nitrogens with zero attached hydrogens (tertiary/aromatic N) is 2. The Bertz CT molecular complexity index is 528. The Morgan fingerprint density at radius 3 is 2.81 bits per heavy atom. The van der Waals surface area contributed by atoms with Gasteiger partial charge in [-0.1, -0.05) is 30.3 Å². The van der Waals surface area contributed by atoms with Crippen LogP contribution in [0, 0.1) is 0 Å². The number of carbonyl (C=O) groups excluding carboxylic acids is 1. The molecule has 1 aromatic rings. The summed E-state index contributed by atoms with van der Waals surface area (Å²) in [5, 5.41) is 2.83. The third kappa shape index (κ3) is 1.35. The number of allylic oxidation sites excluding steroid dienone is 1. The molecule has 0 fully saturated rings. The first kappa shape index (κ1) is 9.03. The second-order valence-electron chi connectivity index (χ2n) is 3.60. The highest BCUT2D eigenvalue weighted by Crippen LogP contribution is 2.22. The molecule has 1 N–H and O–H groups in total. The monoisotopic (exact) mass is 211 g/mol. The molecule has 0 spiro atoms. The van der Waals surface area contributed by atoms with Gasteiger partial charge in [-0.25, -0.2) is 9.98 Å². The second kappa shape index (κ2) is 3.41. The normalized spacial score (nSPS) is 22.2. The number of aliphatic imine (C=N–C) groups is 2. The van der Waals surface area contributed by atoms with Crippen LogP contribution in [0.3, 0.4) is 0 Å². The van der Waals surface area contributed by atoms with Gasteiger partial charge in [0, 0.05) is 6.21 Å². The molecule has 2 aliphatic heterocycles. The molecule has 0 radical (unpaired) electrons. The fraction of sp³-hybridized carbons (Fsp3) is 0.0833. The molecule has 0 saturated carbocycles. The Balaban J connectivity index is 2.01. The van der Waals surface area contributed by atoms with Crippen LogP contribution in [-0.4, -0.2) is 18.0 Å². The van der Waals surface area contributed by atoms with Crippen molar-refractivity contribution in [2.45, 2.75) is 6.17 Å². The molecule has 3 rings (SSSR count). The number of hydrogen-bond acceptors (Lipinski definition) is 3. The first-order valence-corrected chi connectivity index (χ1v) is 5.03. The third-order valence-electron chi connectivity index (χ3n) is 2.56. The number of amides is 1. The maximum absolute atomic E-state index is 11.7. The quantitative estimate of drug-likeness (QED) is 0.746. The van der Waals surface area contributed by atoms with Gasteiger partial charge >= 0.3 is 0 Å². The van der Waals surface area contributed by atoms with E-state index in [-0.39, 0.29) is 12.1 Å². The first-order chi connectivity index (χ1) is 7.84. The maximum atomic E-state index is 11.7. The van der Waals surface area contributed by atoms with Crippen molar-refractivity contribution in [2.24, 2.45) is 9.98 Å². The number of rotatable bonds is 1. The lowest BCUT2D eigenvalue weighted by Crippen LogP contribution is -2.35. The Hall–Kier alpha value is -2.23. The van der Waals surface area contributed by atoms with Crippen LogP contribution in [0.15, 0.2) is 52.0 Å². The largest absolute Gasteiger partial charge is 0.326 e. The van der Waals surface area contributed by atoms with Crippen LogP contribution in [0.2, 0.25) is 0 Å². The van der Waals surface area contributed by atoms with E-state index in [9.17, 15) is 4.79 Å². The molecule has 4 heteroatoms. The molecule has 1 unspecified atom stereocenters. The minimum atomic E-state index is -0.323. The van der Waals surface area contributed by atoms with Gasteiger partial charge in [-0.15, -0.1) is 0 Å². The van der Waals surface area contributed by atoms with E-state index in [1.807, 2.05) is 30.3 Å². The Kier molecular flexibility index (Phi) is 1.93. The van der Waals surface area contributed by atoms with Crippen molar-refractivity contribution in [2.75, 3.05) is 0 Å². The van der Waals surface area contributed by atoms with Gasteiger partial charge in [0.25, 0.3) is 5.91 Å². The molecule has 2 aliphatic rings. The maximum Gasteiger partial charge on any atom is 0.257 e. The van der Waals surface area contributed by atoms with Gasteiger partial charge in [-0.2, -0.15) is 0 Å². The summed E-state index contributed by atoms with van der Waals surface area (Å²) in [7, 11) is 0. The topological polar surface area (TPSA) is 53.8 Å². The van der Waals surface area contributed by atoms with E-state index in [0.717, 1.165) is 5.56 Å². The zero-order valence-corrected chi connectivity index (χ0v) is 8.42. The van der Waals surface area contributed by atoms with Crippen LogP contribution in [0.5, 0.6) is 0 Å². The van der Waals surface area contributed by atoms with E-state index in [2.05, 4.69) is 15.3 Å². The predicted molar refractivity (Wildman–Crippen MR) is 61.3 cm³/mol. The Morgan fingerprint density at radius 2 is 2.00 bits per heavy atom. The van der Waals surface area contributed by atoms with Crippen molar-refractivity contribution < 1.29 is 4.79 Å². The van der Waals surface area contributed by atoms with Crippen LogP contribution in [-0.2, 0) is 4.79 Å². The molecule has 0 aromatic heterocycles. The minimum Gasteiger partial charge on any atom is -0.326 e. The summed E-state index contributed by atoms with van der Waals surface area (Å²) in [6.45, 7) is 0. The number of hydrogen-bond donors (Lipinski definition) is 1. The van der Waals surface area contributed by atoms with Crippen molar-refractivity contribution in [3.63, 3.8) is 0 Å². The highest BCUT2D eigenvalue weighted by atomic mass is 16.2. The molecular weight excluding hydrogens is 202 g/mol. The van der Waals surface area contributed by atoms with E-state index in [1.54, 1.807) is 12.3 Å². The smallest absolute Gasteiger partial charge is 0.257 e. The van der Waals surface area contributed by atoms with E-state index in [0.29, 0.717) is 11.4 Å². The van der Waals surface area contributed by atoms with Gasteiger partial charge in [0.1, 0.15) is 6.17 Å². The summed E-state index contributed by atoms with van der Waals surface area (Å²) in [4.78, 5) is 20.2. The van der Waals surface area contributed by atoms with Crippen molar-refractivity contribution in [1.29, 1.82) is 0 Å². The molecule has 78 valence electrons. The molecule has 0 bridgehead atoms. The predicted octanol–water partition coefficient (Wildman–Crippen LogP) is 1.22. The lowest BCUT2D eigenvalue weighted by Gasteiger charge is -2.20. The van der Waals surface area contributed by atoms with Crippen LogP contribution in [0.25, 0.3) is 0 Å². The van der Waals surface area contributed by atoms with Crippen LogP contribution >= 0.6 is 0 Å². The van der Waals surface area contributed by atoms with Crippen molar-refractivity contribution in [3.8, 4) is 0 Å². The second-order valence-corrected chi connectivity index (χ2v) is 3.60. The molecule has 0 aliphatic carbocycles. The van der Waals surface area contributed by atoms with E-state index < -0.39 is 0 Å². The number of nitrogens with one attached hydrogen (secondary N) is 1. The summed E-state index contributed by atoms with van der Waals surface area (Å²) in [6, 6.07) is 9.64. The zero-order chi connectivity index (χ0) is 11.0. The number of fused-ring (bicyclic) bond motifs is 1. The van der Waals surface area contributed by atoms with Crippen molar-refractivity contribution in [3.05, 3.63) is 47.5 Å². The lowest BCUT2D eigenvalue weighted by atomic mass is 10.1. The van der Waals surface area contributed by atoms with Crippen LogP contribution in [0.1, 0.15) is 11.7 Å². The molecule has 1 aromatic carbocycles. The minimum absolute atomic E-state index is 0.114. The highest BCUT2D eigenvalue weighted by Gasteiger charge is 2.27. The molecule has 4 nitrogen and oxygen atoms in total. The zero-order valence-electron chi connectivity index (χ0n) is 8.42. The average Bonchev–Trinajstić information content (AvgIpc) is 2.79. The molecular formula is C12H9N3O. The molecule has 16 heavy (non-hydrogen) atoms. The Labute approximate surface area is 92.4 Å². The molecule has 1 atom stereocenters. The van der Waals surface area contributed by atoms with E-state index >= 15 is 0 Å². The summed E-state index contributed by atoms with van der Waals surface area (Å²) >= 11 is 0. The summed E-state index contributed by atoms with van der Waals surface area (Å²) in [5.41, 5.74) is 1.51. The molecule has 1 amide bonds. The van der Waals surface area contributed by atoms with Gasteiger partial charge in [-0.05, 0) is 11.6 Å². The number of carbonyl (C=O) groups is 1. The highest BCUT2D eigenvalue weighted by molar-refractivity contribution is 6.28. The fourth-order valence-electron chi connectivity index (χ4n) is 1.76. The lowest BCUT2D eigenvalue weighted by molar-refractivity contribution is -0.117. The summed E-state index contributed by atoms with van der Waals surface area (Å²) in [6.07, 6.45) is 2.95. The first-order valence-electron chi connectivity index (χ1n) is 5.03. The average molecular weight is 211 g/mol. The van der Waals surface area contributed by atoms with Gasteiger partial charge < -0.3 is 5.32 Å². The standard InChI is InChI=1S/C12H9N3O/c16-12-9-6-7-13-11(9)14-10(15-12)8-4-2-1-3-5-8/h1-7,10H,(H,15,16).